The number of rotatable bonds is 7. The van der Waals surface area contributed by atoms with Gasteiger partial charge < -0.3 is 33.2 Å². The third-order valence-corrected chi connectivity index (χ3v) is 4.64. The second kappa shape index (κ2) is 9.44. The normalized spacial score (nSPS) is 14.3. The van der Waals surface area contributed by atoms with Crippen molar-refractivity contribution < 1.29 is 42.7 Å². The van der Waals surface area contributed by atoms with Crippen LogP contribution in [0.1, 0.15) is 11.1 Å². The maximum absolute atomic E-state index is 12.9. The number of fused-ring (bicyclic) bond motifs is 2. The van der Waals surface area contributed by atoms with Gasteiger partial charge in [0.1, 0.15) is 0 Å². The molecule has 2 aromatic rings. The topological polar surface area (TPSA) is 98.8 Å². The molecule has 0 N–H and O–H groups in total. The van der Waals surface area contributed by atoms with Crippen molar-refractivity contribution in [2.45, 2.75) is 0 Å². The molecule has 9 nitrogen and oxygen atoms in total. The summed E-state index contributed by atoms with van der Waals surface area (Å²) >= 11 is 0. The largest absolute Gasteiger partial charge is 0.465 e. The van der Waals surface area contributed by atoms with Crippen LogP contribution in [0.3, 0.4) is 0 Å². The lowest BCUT2D eigenvalue weighted by Gasteiger charge is -2.11. The number of methoxy groups -OCH3 is 2. The molecule has 4 rings (SSSR count). The first kappa shape index (κ1) is 21.3. The molecule has 0 saturated heterocycles. The van der Waals surface area contributed by atoms with Crippen LogP contribution in [-0.4, -0.2) is 46.5 Å². The van der Waals surface area contributed by atoms with Gasteiger partial charge in [-0.3, -0.25) is 0 Å². The minimum Gasteiger partial charge on any atom is -0.465 e. The fourth-order valence-electron chi connectivity index (χ4n) is 3.13. The van der Waals surface area contributed by atoms with Gasteiger partial charge in [0, 0.05) is 7.11 Å². The van der Waals surface area contributed by atoms with E-state index in [1.807, 2.05) is 0 Å². The van der Waals surface area contributed by atoms with E-state index < -0.39 is 11.9 Å². The van der Waals surface area contributed by atoms with Crippen molar-refractivity contribution in [1.29, 1.82) is 0 Å². The Kier molecular flexibility index (Phi) is 6.27. The Morgan fingerprint density at radius 3 is 1.78 bits per heavy atom. The summed E-state index contributed by atoms with van der Waals surface area (Å²) in [7, 11) is 2.62. The number of ether oxygens (including phenoxy) is 7. The molecule has 0 fully saturated rings. The van der Waals surface area contributed by atoms with Crippen LogP contribution < -0.4 is 18.9 Å². The summed E-state index contributed by atoms with van der Waals surface area (Å²) in [5.41, 5.74) is 1.17. The van der Waals surface area contributed by atoms with Gasteiger partial charge in [0.15, 0.2) is 29.8 Å². The van der Waals surface area contributed by atoms with Crippen molar-refractivity contribution in [3.8, 4) is 23.0 Å². The molecule has 0 atom stereocenters. The highest BCUT2D eigenvalue weighted by atomic mass is 16.7. The first-order chi connectivity index (χ1) is 15.6. The summed E-state index contributed by atoms with van der Waals surface area (Å²) in [6.45, 7) is -0.0522. The molecule has 2 aromatic carbocycles. The molecule has 2 aliphatic rings. The molecule has 166 valence electrons. The van der Waals surface area contributed by atoms with Gasteiger partial charge in [-0.05, 0) is 47.5 Å². The van der Waals surface area contributed by atoms with Gasteiger partial charge in [0.2, 0.25) is 13.6 Å². The summed E-state index contributed by atoms with van der Waals surface area (Å²) in [5.74, 6) is 0.770. The highest BCUT2D eigenvalue weighted by Gasteiger charge is 2.24. The van der Waals surface area contributed by atoms with Crippen LogP contribution in [-0.2, 0) is 23.8 Å². The fraction of sp³-hybridized carbons (Fsp3) is 0.217. The lowest BCUT2D eigenvalue weighted by molar-refractivity contribution is -0.149. The molecule has 2 aliphatic heterocycles. The van der Waals surface area contributed by atoms with Gasteiger partial charge >= 0.3 is 11.9 Å². The zero-order chi connectivity index (χ0) is 22.5. The highest BCUT2D eigenvalue weighted by Crippen LogP contribution is 2.35. The average molecular weight is 440 g/mol. The second-order valence-electron chi connectivity index (χ2n) is 6.67. The molecule has 0 saturated carbocycles. The molecule has 0 aromatic heterocycles. The number of benzene rings is 2. The zero-order valence-electron chi connectivity index (χ0n) is 17.4. The van der Waals surface area contributed by atoms with Gasteiger partial charge in [0.25, 0.3) is 0 Å². The maximum atomic E-state index is 12.9. The van der Waals surface area contributed by atoms with Gasteiger partial charge in [-0.15, -0.1) is 0 Å². The minimum atomic E-state index is -0.762. The standard InChI is InChI=1S/C23H20O9/c1-26-11-32-23(25)17(8-15-4-6-19-21(10-15)31-13-29-19)16(22(24)27-2)7-14-3-5-18-20(9-14)30-12-28-18/h3-10H,11-13H2,1-2H3/b16-7+,17-8+. The number of carbonyl (C=O) groups is 2. The number of hydrogen-bond donors (Lipinski definition) is 0. The molecular weight excluding hydrogens is 420 g/mol. The van der Waals surface area contributed by atoms with Crippen molar-refractivity contribution >= 4 is 24.1 Å². The third kappa shape index (κ3) is 4.52. The predicted molar refractivity (Wildman–Crippen MR) is 111 cm³/mol. The Balaban J connectivity index is 1.78. The van der Waals surface area contributed by atoms with Crippen LogP contribution in [0.4, 0.5) is 0 Å². The van der Waals surface area contributed by atoms with E-state index in [2.05, 4.69) is 0 Å². The van der Waals surface area contributed by atoms with Crippen LogP contribution in [0.5, 0.6) is 23.0 Å². The summed E-state index contributed by atoms with van der Waals surface area (Å²) < 4.78 is 36.3. The van der Waals surface area contributed by atoms with Gasteiger partial charge in [-0.2, -0.15) is 0 Å². The molecule has 0 amide bonds. The molecule has 9 heteroatoms. The van der Waals surface area contributed by atoms with Crippen LogP contribution in [0.2, 0.25) is 0 Å². The van der Waals surface area contributed by atoms with Crippen molar-refractivity contribution in [2.75, 3.05) is 34.6 Å². The number of carbonyl (C=O) groups excluding carboxylic acids is 2. The molecule has 0 unspecified atom stereocenters. The Bertz CT molecular complexity index is 1100. The summed E-state index contributed by atoms with van der Waals surface area (Å²) in [6, 6.07) is 10.3. The van der Waals surface area contributed by atoms with E-state index in [9.17, 15) is 9.59 Å². The van der Waals surface area contributed by atoms with Gasteiger partial charge in [0.05, 0.1) is 18.3 Å². The van der Waals surface area contributed by atoms with Gasteiger partial charge in [-0.25, -0.2) is 9.59 Å². The summed E-state index contributed by atoms with van der Waals surface area (Å²) in [5, 5.41) is 0. The molecule has 2 heterocycles. The Morgan fingerprint density at radius 2 is 1.28 bits per heavy atom. The average Bonchev–Trinajstić information content (AvgIpc) is 3.47. The first-order valence-electron chi connectivity index (χ1n) is 9.56. The molecule has 0 aliphatic carbocycles. The smallest absolute Gasteiger partial charge is 0.341 e. The summed E-state index contributed by atoms with van der Waals surface area (Å²) in [4.78, 5) is 25.5. The lowest BCUT2D eigenvalue weighted by atomic mass is 9.99. The van der Waals surface area contributed by atoms with E-state index in [1.54, 1.807) is 36.4 Å². The van der Waals surface area contributed by atoms with Crippen LogP contribution in [0.25, 0.3) is 12.2 Å². The summed E-state index contributed by atoms with van der Waals surface area (Å²) in [6.07, 6.45) is 3.02. The van der Waals surface area contributed by atoms with Crippen molar-refractivity contribution in [3.05, 3.63) is 58.7 Å². The van der Waals surface area contributed by atoms with E-state index in [0.717, 1.165) is 0 Å². The second-order valence-corrected chi connectivity index (χ2v) is 6.67. The van der Waals surface area contributed by atoms with Crippen molar-refractivity contribution in [2.24, 2.45) is 0 Å². The number of hydrogen-bond acceptors (Lipinski definition) is 9. The quantitative estimate of drug-likeness (QED) is 0.278. The maximum Gasteiger partial charge on any atom is 0.341 e. The molecule has 0 radical (unpaired) electrons. The predicted octanol–water partition coefficient (Wildman–Crippen LogP) is 2.93. The number of esters is 2. The zero-order valence-corrected chi connectivity index (χ0v) is 17.4. The Hall–Kier alpha value is -3.98. The Morgan fingerprint density at radius 1 is 0.781 bits per heavy atom. The van der Waals surface area contributed by atoms with Crippen LogP contribution in [0, 0.1) is 0 Å². The lowest BCUT2D eigenvalue weighted by Crippen LogP contribution is -2.17. The van der Waals surface area contributed by atoms with Crippen molar-refractivity contribution in [3.63, 3.8) is 0 Å². The molecular formula is C23H20O9. The molecule has 0 spiro atoms. The van der Waals surface area contributed by atoms with Gasteiger partial charge in [-0.1, -0.05) is 12.1 Å². The van der Waals surface area contributed by atoms with E-state index in [-0.39, 0.29) is 31.5 Å². The van der Waals surface area contributed by atoms with Crippen LogP contribution >= 0.6 is 0 Å². The van der Waals surface area contributed by atoms with E-state index >= 15 is 0 Å². The monoisotopic (exact) mass is 440 g/mol. The first-order valence-corrected chi connectivity index (χ1v) is 9.56. The SMILES string of the molecule is COCOC(=O)C(=C/c1ccc2c(c1)OCO2)/C(=C\c1ccc2c(c1)OCO2)C(=O)OC. The fourth-order valence-corrected chi connectivity index (χ4v) is 3.13. The minimum absolute atomic E-state index is 0.00913. The van der Waals surface area contributed by atoms with Crippen molar-refractivity contribution in [1.82, 2.24) is 0 Å². The van der Waals surface area contributed by atoms with E-state index in [0.29, 0.717) is 34.1 Å². The van der Waals surface area contributed by atoms with Crippen LogP contribution in [0.15, 0.2) is 47.5 Å². The van der Waals surface area contributed by atoms with E-state index in [4.69, 9.17) is 33.2 Å². The molecule has 0 bridgehead atoms. The third-order valence-electron chi connectivity index (χ3n) is 4.64. The highest BCUT2D eigenvalue weighted by molar-refractivity contribution is 6.12. The Labute approximate surface area is 183 Å². The molecule has 32 heavy (non-hydrogen) atoms. The van der Waals surface area contributed by atoms with E-state index in [1.165, 1.54) is 26.4 Å².